The van der Waals surface area contributed by atoms with Crippen molar-refractivity contribution >= 4 is 5.97 Å². The van der Waals surface area contributed by atoms with Gasteiger partial charge in [-0.15, -0.1) is 0 Å². The number of carbonyl (C=O) groups is 1. The van der Waals surface area contributed by atoms with E-state index in [1.165, 1.54) is 6.08 Å². The van der Waals surface area contributed by atoms with Crippen molar-refractivity contribution in [3.63, 3.8) is 0 Å². The van der Waals surface area contributed by atoms with Crippen molar-refractivity contribution in [2.45, 2.75) is 6.92 Å². The van der Waals surface area contributed by atoms with E-state index in [1.807, 2.05) is 18.2 Å². The van der Waals surface area contributed by atoms with Gasteiger partial charge in [-0.2, -0.15) is 0 Å². The molecule has 12 heavy (non-hydrogen) atoms. The van der Waals surface area contributed by atoms with Gasteiger partial charge in [0, 0.05) is 6.08 Å². The van der Waals surface area contributed by atoms with Gasteiger partial charge in [0.05, 0.1) is 0 Å². The first-order valence-electron chi connectivity index (χ1n) is 3.72. The van der Waals surface area contributed by atoms with Gasteiger partial charge in [0.25, 0.3) is 0 Å². The quantitative estimate of drug-likeness (QED) is 0.378. The van der Waals surface area contributed by atoms with Crippen molar-refractivity contribution in [2.75, 3.05) is 0 Å². The van der Waals surface area contributed by atoms with Crippen LogP contribution in [-0.4, -0.2) is 5.97 Å². The smallest absolute Gasteiger partial charge is 0.335 e. The van der Waals surface area contributed by atoms with Gasteiger partial charge >= 0.3 is 5.97 Å². The summed E-state index contributed by atoms with van der Waals surface area (Å²) < 4.78 is 4.93. The largest absolute Gasteiger partial charge is 0.423 e. The van der Waals surface area contributed by atoms with Gasteiger partial charge in [-0.1, -0.05) is 24.3 Å². The molecule has 1 aromatic carbocycles. The summed E-state index contributed by atoms with van der Waals surface area (Å²) in [5, 5.41) is 0. The first kappa shape index (κ1) is 8.53. The van der Waals surface area contributed by atoms with Crippen molar-refractivity contribution in [3.8, 4) is 5.75 Å². The van der Waals surface area contributed by atoms with E-state index in [1.54, 1.807) is 25.1 Å². The highest BCUT2D eigenvalue weighted by atomic mass is 16.5. The Bertz CT molecular complexity index is 275. The Morgan fingerprint density at radius 3 is 2.58 bits per heavy atom. The molecule has 0 amide bonds. The predicted molar refractivity (Wildman–Crippen MR) is 46.9 cm³/mol. The van der Waals surface area contributed by atoms with Crippen molar-refractivity contribution in [2.24, 2.45) is 0 Å². The third-order valence-corrected chi connectivity index (χ3v) is 1.26. The second-order valence-electron chi connectivity index (χ2n) is 2.23. The normalized spacial score (nSPS) is 10.1. The molecule has 0 unspecified atom stereocenters. The van der Waals surface area contributed by atoms with Crippen LogP contribution in [0.15, 0.2) is 42.5 Å². The van der Waals surface area contributed by atoms with E-state index in [4.69, 9.17) is 4.74 Å². The second kappa shape index (κ2) is 4.34. The number of ether oxygens (including phenoxy) is 1. The van der Waals surface area contributed by atoms with E-state index in [0.29, 0.717) is 5.75 Å². The molecule has 0 aliphatic carbocycles. The second-order valence-corrected chi connectivity index (χ2v) is 2.23. The zero-order chi connectivity index (χ0) is 8.81. The molecule has 2 heteroatoms. The molecule has 0 fully saturated rings. The highest BCUT2D eigenvalue weighted by Gasteiger charge is 1.96. The van der Waals surface area contributed by atoms with Crippen LogP contribution in [0, 0.1) is 0 Å². The number of hydrogen-bond acceptors (Lipinski definition) is 2. The molecule has 0 heterocycles. The van der Waals surface area contributed by atoms with Crippen LogP contribution in [0.3, 0.4) is 0 Å². The zero-order valence-electron chi connectivity index (χ0n) is 6.86. The van der Waals surface area contributed by atoms with Crippen LogP contribution in [0.5, 0.6) is 5.75 Å². The lowest BCUT2D eigenvalue weighted by Crippen LogP contribution is -2.02. The van der Waals surface area contributed by atoms with Crippen LogP contribution >= 0.6 is 0 Å². The molecule has 0 atom stereocenters. The average molecular weight is 162 g/mol. The summed E-state index contributed by atoms with van der Waals surface area (Å²) in [6.45, 7) is 1.77. The van der Waals surface area contributed by atoms with E-state index in [9.17, 15) is 4.79 Å². The summed E-state index contributed by atoms with van der Waals surface area (Å²) in [4.78, 5) is 10.9. The van der Waals surface area contributed by atoms with Gasteiger partial charge in [0.15, 0.2) is 0 Å². The van der Waals surface area contributed by atoms with Crippen LogP contribution in [0.4, 0.5) is 0 Å². The number of carbonyl (C=O) groups excluding carboxylic acids is 1. The SMILES string of the molecule is CC=CC(=O)Oc1ccccc1. The van der Waals surface area contributed by atoms with E-state index in [-0.39, 0.29) is 5.97 Å². The molecule has 0 saturated carbocycles. The Morgan fingerprint density at radius 2 is 2.00 bits per heavy atom. The highest BCUT2D eigenvalue weighted by Crippen LogP contribution is 2.08. The number of hydrogen-bond donors (Lipinski definition) is 0. The molecule has 0 aromatic heterocycles. The Morgan fingerprint density at radius 1 is 1.33 bits per heavy atom. The summed E-state index contributed by atoms with van der Waals surface area (Å²) in [6.07, 6.45) is 3.03. The summed E-state index contributed by atoms with van der Waals surface area (Å²) in [7, 11) is 0. The highest BCUT2D eigenvalue weighted by molar-refractivity contribution is 5.83. The molecule has 0 N–H and O–H groups in total. The maximum absolute atomic E-state index is 10.9. The molecule has 1 rings (SSSR count). The molecule has 2 nitrogen and oxygen atoms in total. The average Bonchev–Trinajstić information content (AvgIpc) is 2.06. The fraction of sp³-hybridized carbons (Fsp3) is 0.100. The molecule has 1 aromatic rings. The Balaban J connectivity index is 2.59. The molecule has 0 aliphatic heterocycles. The van der Waals surface area contributed by atoms with E-state index < -0.39 is 0 Å². The van der Waals surface area contributed by atoms with Crippen molar-refractivity contribution in [1.29, 1.82) is 0 Å². The minimum absolute atomic E-state index is 0.344. The molecule has 0 aliphatic rings. The maximum atomic E-state index is 10.9. The van der Waals surface area contributed by atoms with Gasteiger partial charge in [0.1, 0.15) is 5.75 Å². The van der Waals surface area contributed by atoms with Gasteiger partial charge in [0.2, 0.25) is 0 Å². The van der Waals surface area contributed by atoms with Crippen LogP contribution in [0.2, 0.25) is 0 Å². The first-order valence-corrected chi connectivity index (χ1v) is 3.72. The standard InChI is InChI=1S/C10H10O2/c1-2-6-10(11)12-9-7-4-3-5-8-9/h2-8H,1H3. The summed E-state index contributed by atoms with van der Waals surface area (Å²) >= 11 is 0. The van der Waals surface area contributed by atoms with Crippen LogP contribution in [0.1, 0.15) is 6.92 Å². The lowest BCUT2D eigenvalue weighted by molar-refractivity contribution is -0.128. The van der Waals surface area contributed by atoms with Crippen molar-refractivity contribution in [1.82, 2.24) is 0 Å². The third-order valence-electron chi connectivity index (χ3n) is 1.26. The Hall–Kier alpha value is -1.57. The summed E-state index contributed by atoms with van der Waals surface area (Å²) in [5.41, 5.74) is 0. The maximum Gasteiger partial charge on any atom is 0.335 e. The van der Waals surface area contributed by atoms with E-state index in [2.05, 4.69) is 0 Å². The molecular weight excluding hydrogens is 152 g/mol. The van der Waals surface area contributed by atoms with Gasteiger partial charge in [-0.05, 0) is 19.1 Å². The van der Waals surface area contributed by atoms with Crippen molar-refractivity contribution in [3.05, 3.63) is 42.5 Å². The Labute approximate surface area is 71.5 Å². The third kappa shape index (κ3) is 2.58. The fourth-order valence-corrected chi connectivity index (χ4v) is 0.775. The lowest BCUT2D eigenvalue weighted by atomic mass is 10.3. The molecular formula is C10H10O2. The number of para-hydroxylation sites is 1. The Kier molecular flexibility index (Phi) is 3.08. The van der Waals surface area contributed by atoms with Gasteiger partial charge < -0.3 is 4.74 Å². The summed E-state index contributed by atoms with van der Waals surface area (Å²) in [6, 6.07) is 8.98. The molecule has 0 bridgehead atoms. The minimum Gasteiger partial charge on any atom is -0.423 e. The van der Waals surface area contributed by atoms with Crippen LogP contribution in [0.25, 0.3) is 0 Å². The lowest BCUT2D eigenvalue weighted by Gasteiger charge is -1.98. The van der Waals surface area contributed by atoms with Crippen molar-refractivity contribution < 1.29 is 9.53 Å². The molecule has 62 valence electrons. The molecule has 0 spiro atoms. The number of allylic oxidation sites excluding steroid dienone is 1. The van der Waals surface area contributed by atoms with Crippen LogP contribution < -0.4 is 4.74 Å². The monoisotopic (exact) mass is 162 g/mol. The van der Waals surface area contributed by atoms with Crippen LogP contribution in [-0.2, 0) is 4.79 Å². The number of esters is 1. The van der Waals surface area contributed by atoms with Gasteiger partial charge in [-0.3, -0.25) is 0 Å². The van der Waals surface area contributed by atoms with E-state index in [0.717, 1.165) is 0 Å². The predicted octanol–water partition coefficient (Wildman–Crippen LogP) is 2.17. The molecule has 0 saturated heterocycles. The van der Waals surface area contributed by atoms with Gasteiger partial charge in [-0.25, -0.2) is 4.79 Å². The number of benzene rings is 1. The number of rotatable bonds is 2. The topological polar surface area (TPSA) is 26.3 Å². The summed E-state index contributed by atoms with van der Waals surface area (Å²) in [5.74, 6) is 0.226. The zero-order valence-corrected chi connectivity index (χ0v) is 6.86. The first-order chi connectivity index (χ1) is 5.83. The minimum atomic E-state index is -0.344. The fourth-order valence-electron chi connectivity index (χ4n) is 0.775. The van der Waals surface area contributed by atoms with E-state index >= 15 is 0 Å². The molecule has 0 radical (unpaired) electrons.